The fourth-order valence-corrected chi connectivity index (χ4v) is 2.36. The molecule has 0 spiro atoms. The van der Waals surface area contributed by atoms with Crippen molar-refractivity contribution in [3.05, 3.63) is 52.9 Å². The number of anilines is 1. The van der Waals surface area contributed by atoms with Crippen LogP contribution < -0.4 is 5.32 Å². The zero-order valence-corrected chi connectivity index (χ0v) is 15.7. The van der Waals surface area contributed by atoms with E-state index in [1.807, 2.05) is 13.8 Å². The molecule has 0 saturated heterocycles. The maximum Gasteiger partial charge on any atom is 0.182 e. The molecule has 7 heteroatoms. The fourth-order valence-electron chi connectivity index (χ4n) is 2.29. The lowest BCUT2D eigenvalue weighted by molar-refractivity contribution is 0.508. The monoisotopic (exact) mass is 380 g/mol. The highest BCUT2D eigenvalue weighted by Crippen LogP contribution is 2.28. The summed E-state index contributed by atoms with van der Waals surface area (Å²) in [6.07, 6.45) is 6.95. The molecule has 1 aromatic carbocycles. The zero-order chi connectivity index (χ0) is 19.5. The van der Waals surface area contributed by atoms with Crippen molar-refractivity contribution < 1.29 is 8.78 Å². The van der Waals surface area contributed by atoms with E-state index in [2.05, 4.69) is 22.0 Å². The summed E-state index contributed by atoms with van der Waals surface area (Å²) in [6, 6.07) is 2.87. The molecule has 1 atom stereocenters. The first-order chi connectivity index (χ1) is 12.5. The molecule has 0 aliphatic rings. The smallest absolute Gasteiger partial charge is 0.182 e. The van der Waals surface area contributed by atoms with E-state index < -0.39 is 11.6 Å². The van der Waals surface area contributed by atoms with E-state index in [1.54, 1.807) is 18.5 Å². The van der Waals surface area contributed by atoms with Crippen molar-refractivity contribution in [3.63, 3.8) is 0 Å². The minimum absolute atomic E-state index is 0.0291. The van der Waals surface area contributed by atoms with Gasteiger partial charge in [-0.3, -0.25) is 9.98 Å². The third-order valence-electron chi connectivity index (χ3n) is 3.75. The normalized spacial score (nSPS) is 13.7. The molecular weight excluding hydrogens is 358 g/mol. The average Bonchev–Trinajstić information content (AvgIpc) is 2.63. The van der Waals surface area contributed by atoms with Gasteiger partial charge in [0.15, 0.2) is 11.6 Å². The second-order valence-electron chi connectivity index (χ2n) is 5.65. The first-order valence-electron chi connectivity index (χ1n) is 8.12. The quantitative estimate of drug-likeness (QED) is 0.307. The van der Waals surface area contributed by atoms with E-state index in [4.69, 9.17) is 17.0 Å². The molecule has 0 aromatic heterocycles. The maximum absolute atomic E-state index is 14.1. The number of nitrogens with one attached hydrogen (secondary N) is 2. The van der Waals surface area contributed by atoms with Crippen LogP contribution in [-0.2, 0) is 0 Å². The highest BCUT2D eigenvalue weighted by molar-refractivity contribution is 6.18. The van der Waals surface area contributed by atoms with E-state index >= 15 is 0 Å². The van der Waals surface area contributed by atoms with Gasteiger partial charge in [-0.1, -0.05) is 13.8 Å². The summed E-state index contributed by atoms with van der Waals surface area (Å²) < 4.78 is 28.1. The highest BCUT2D eigenvalue weighted by Gasteiger charge is 2.15. The molecule has 0 aliphatic carbocycles. The van der Waals surface area contributed by atoms with Crippen molar-refractivity contribution in [2.75, 3.05) is 11.3 Å². The molecule has 0 fully saturated rings. The van der Waals surface area contributed by atoms with E-state index in [0.29, 0.717) is 24.0 Å². The summed E-state index contributed by atoms with van der Waals surface area (Å²) in [6.45, 7) is 7.19. The maximum atomic E-state index is 14.1. The van der Waals surface area contributed by atoms with E-state index in [1.165, 1.54) is 18.5 Å². The summed E-state index contributed by atoms with van der Waals surface area (Å²) in [4.78, 5) is 7.69. The van der Waals surface area contributed by atoms with Crippen LogP contribution in [0.15, 0.2) is 45.7 Å². The third kappa shape index (κ3) is 6.52. The minimum Gasteiger partial charge on any atom is -0.359 e. The van der Waals surface area contributed by atoms with Gasteiger partial charge in [-0.25, -0.2) is 8.78 Å². The number of benzene rings is 1. The fraction of sp³-hybridized carbons (Fsp3) is 0.316. The van der Waals surface area contributed by atoms with Gasteiger partial charge in [0.25, 0.3) is 0 Å². The van der Waals surface area contributed by atoms with Gasteiger partial charge in [-0.2, -0.15) is 0 Å². The third-order valence-corrected chi connectivity index (χ3v) is 3.89. The molecule has 1 unspecified atom stereocenters. The lowest BCUT2D eigenvalue weighted by Crippen LogP contribution is -2.03. The van der Waals surface area contributed by atoms with Crippen LogP contribution in [0.5, 0.6) is 0 Å². The number of hydrogen-bond donors (Lipinski definition) is 2. The molecule has 0 amide bonds. The van der Waals surface area contributed by atoms with Gasteiger partial charge in [0.1, 0.15) is 6.00 Å². The molecule has 4 nitrogen and oxygen atoms in total. The van der Waals surface area contributed by atoms with Gasteiger partial charge < -0.3 is 10.7 Å². The molecule has 1 aromatic rings. The molecule has 0 saturated carbocycles. The minimum atomic E-state index is -0.954. The standard InChI is InChI=1S/C19H23ClF2N4/c1-4-14(8-23)11-26-18-7-16(6-17(21)19(18)22)13(2)5-15(9-24-3)10-25-12-20/h6-11,13,23,26H,3-5,12H2,1-2H3/b14-11-,15-9-,23-8?,25-10-. The van der Waals surface area contributed by atoms with Gasteiger partial charge >= 0.3 is 0 Å². The van der Waals surface area contributed by atoms with Crippen LogP contribution in [0.25, 0.3) is 0 Å². The molecule has 2 N–H and O–H groups in total. The summed E-state index contributed by atoms with van der Waals surface area (Å²) in [5.41, 5.74) is 2.11. The Bertz CT molecular complexity index is 726. The molecular formula is C19H23ClF2N4. The van der Waals surface area contributed by atoms with Crippen molar-refractivity contribution in [2.24, 2.45) is 9.98 Å². The Morgan fingerprint density at radius 2 is 2.12 bits per heavy atom. The van der Waals surface area contributed by atoms with Crippen LogP contribution in [0.2, 0.25) is 0 Å². The first-order valence-corrected chi connectivity index (χ1v) is 8.65. The second-order valence-corrected chi connectivity index (χ2v) is 5.89. The van der Waals surface area contributed by atoms with E-state index in [9.17, 15) is 8.78 Å². The predicted octanol–water partition coefficient (Wildman–Crippen LogP) is 5.67. The van der Waals surface area contributed by atoms with Crippen molar-refractivity contribution in [3.8, 4) is 0 Å². The Labute approximate surface area is 157 Å². The predicted molar refractivity (Wildman–Crippen MR) is 107 cm³/mol. The van der Waals surface area contributed by atoms with Crippen LogP contribution in [0.3, 0.4) is 0 Å². The molecule has 140 valence electrons. The molecule has 1 rings (SSSR count). The van der Waals surface area contributed by atoms with E-state index in [0.717, 1.165) is 5.57 Å². The number of hydrogen-bond acceptors (Lipinski definition) is 4. The molecule has 26 heavy (non-hydrogen) atoms. The summed E-state index contributed by atoms with van der Waals surface area (Å²) >= 11 is 5.55. The van der Waals surface area contributed by atoms with Crippen molar-refractivity contribution >= 4 is 36.4 Å². The van der Waals surface area contributed by atoms with Crippen LogP contribution in [-0.4, -0.2) is 25.2 Å². The summed E-state index contributed by atoms with van der Waals surface area (Å²) in [5, 5.41) is 10.0. The largest absolute Gasteiger partial charge is 0.359 e. The molecule has 0 radical (unpaired) electrons. The zero-order valence-electron chi connectivity index (χ0n) is 14.9. The van der Waals surface area contributed by atoms with Gasteiger partial charge in [0, 0.05) is 24.8 Å². The Kier molecular flexibility index (Phi) is 9.44. The Balaban J connectivity index is 3.10. The number of allylic oxidation sites excluding steroid dienone is 2. The van der Waals surface area contributed by atoms with Crippen LogP contribution >= 0.6 is 11.6 Å². The topological polar surface area (TPSA) is 60.6 Å². The van der Waals surface area contributed by atoms with Crippen LogP contribution in [0, 0.1) is 17.0 Å². The van der Waals surface area contributed by atoms with Gasteiger partial charge in [-0.15, -0.1) is 11.6 Å². The summed E-state index contributed by atoms with van der Waals surface area (Å²) in [7, 11) is 0. The van der Waals surface area contributed by atoms with Crippen molar-refractivity contribution in [1.82, 2.24) is 0 Å². The lowest BCUT2D eigenvalue weighted by atomic mass is 9.93. The first kappa shape index (κ1) is 21.7. The number of nitrogens with zero attached hydrogens (tertiary/aromatic N) is 2. The number of halogens is 3. The van der Waals surface area contributed by atoms with Gasteiger partial charge in [0.05, 0.1) is 5.69 Å². The van der Waals surface area contributed by atoms with Crippen LogP contribution in [0.1, 0.15) is 38.2 Å². The molecule has 0 bridgehead atoms. The summed E-state index contributed by atoms with van der Waals surface area (Å²) in [5.74, 6) is -2.00. The molecule has 0 aliphatic heterocycles. The lowest BCUT2D eigenvalue weighted by Gasteiger charge is -2.15. The second kappa shape index (κ2) is 11.3. The van der Waals surface area contributed by atoms with Crippen molar-refractivity contribution in [2.45, 2.75) is 32.6 Å². The number of aliphatic imine (C=N–C) groups is 2. The Morgan fingerprint density at radius 1 is 1.38 bits per heavy atom. The van der Waals surface area contributed by atoms with E-state index in [-0.39, 0.29) is 17.6 Å². The SMILES string of the molecule is C=N/C=C(\C=N/CCl)CC(C)c1cc(F)c(F)c(N/C=C(\C=N)CC)c1. The average molecular weight is 381 g/mol. The van der Waals surface area contributed by atoms with Crippen LogP contribution in [0.4, 0.5) is 14.5 Å². The highest BCUT2D eigenvalue weighted by atomic mass is 35.5. The van der Waals surface area contributed by atoms with Gasteiger partial charge in [-0.05, 0) is 54.3 Å². The Hall–Kier alpha value is -2.34. The number of alkyl halides is 1. The van der Waals surface area contributed by atoms with Crippen molar-refractivity contribution in [1.29, 1.82) is 5.41 Å². The number of rotatable bonds is 10. The molecule has 0 heterocycles. The Morgan fingerprint density at radius 3 is 2.69 bits per heavy atom. The van der Waals surface area contributed by atoms with Gasteiger partial charge in [0.2, 0.25) is 0 Å².